The van der Waals surface area contributed by atoms with Crippen LogP contribution in [0.3, 0.4) is 0 Å². The zero-order valence-electron chi connectivity index (χ0n) is 9.77. The van der Waals surface area contributed by atoms with Crippen LogP contribution >= 0.6 is 0 Å². The number of hydrogen-bond acceptors (Lipinski definition) is 6. The highest BCUT2D eigenvalue weighted by molar-refractivity contribution is 5.63. The Bertz CT molecular complexity index is 406. The summed E-state index contributed by atoms with van der Waals surface area (Å²) in [6.45, 7) is 0. The third-order valence-corrected chi connectivity index (χ3v) is 2.80. The molecule has 2 N–H and O–H groups in total. The van der Waals surface area contributed by atoms with Gasteiger partial charge in [0.2, 0.25) is 0 Å². The lowest BCUT2D eigenvalue weighted by atomic mass is 10.2. The van der Waals surface area contributed by atoms with E-state index in [1.807, 2.05) is 0 Å². The minimum absolute atomic E-state index is 0.0596. The normalized spacial score (nSPS) is 16.6. The SMILES string of the molecule is CON(O)c1cc(NC2(OC)CC2)ccc1[O-]. The molecule has 0 unspecified atom stereocenters. The van der Waals surface area contributed by atoms with Crippen LogP contribution in [0.4, 0.5) is 11.4 Å². The smallest absolute Gasteiger partial charge is 0.138 e. The van der Waals surface area contributed by atoms with Gasteiger partial charge < -0.3 is 15.2 Å². The molecule has 1 aromatic carbocycles. The van der Waals surface area contributed by atoms with Crippen LogP contribution in [0, 0.1) is 0 Å². The van der Waals surface area contributed by atoms with E-state index in [-0.39, 0.29) is 17.2 Å². The van der Waals surface area contributed by atoms with Crippen molar-refractivity contribution in [1.82, 2.24) is 0 Å². The third kappa shape index (κ3) is 2.44. The molecule has 0 spiro atoms. The molecule has 0 bridgehead atoms. The molecule has 0 heterocycles. The molecule has 1 aliphatic carbocycles. The van der Waals surface area contributed by atoms with Crippen molar-refractivity contribution in [2.75, 3.05) is 24.8 Å². The first kappa shape index (κ1) is 12.0. The van der Waals surface area contributed by atoms with Gasteiger partial charge in [-0.25, -0.2) is 0 Å². The molecule has 0 saturated heterocycles. The van der Waals surface area contributed by atoms with Crippen molar-refractivity contribution in [2.45, 2.75) is 18.6 Å². The summed E-state index contributed by atoms with van der Waals surface area (Å²) in [5.74, 6) is -0.317. The lowest BCUT2D eigenvalue weighted by molar-refractivity contribution is -0.268. The van der Waals surface area contributed by atoms with Gasteiger partial charge in [0, 0.05) is 12.8 Å². The number of ether oxygens (including phenoxy) is 1. The summed E-state index contributed by atoms with van der Waals surface area (Å²) in [6.07, 6.45) is 1.84. The molecular weight excluding hydrogens is 224 g/mol. The Balaban J connectivity index is 2.19. The first-order valence-electron chi connectivity index (χ1n) is 5.28. The molecule has 1 aliphatic rings. The van der Waals surface area contributed by atoms with Gasteiger partial charge >= 0.3 is 0 Å². The Labute approximate surface area is 99.3 Å². The number of rotatable bonds is 5. The molecule has 6 nitrogen and oxygen atoms in total. The molecule has 0 aliphatic heterocycles. The van der Waals surface area contributed by atoms with Gasteiger partial charge in [0.05, 0.1) is 12.8 Å². The van der Waals surface area contributed by atoms with E-state index < -0.39 is 0 Å². The average Bonchev–Trinajstić information content (AvgIpc) is 3.11. The molecule has 1 fully saturated rings. The molecule has 1 saturated carbocycles. The maximum Gasteiger partial charge on any atom is 0.138 e. The molecule has 94 valence electrons. The molecule has 0 amide bonds. The fraction of sp³-hybridized carbons (Fsp3) is 0.455. The minimum Gasteiger partial charge on any atom is -0.871 e. The largest absolute Gasteiger partial charge is 0.871 e. The maximum atomic E-state index is 11.5. The fourth-order valence-electron chi connectivity index (χ4n) is 1.60. The summed E-state index contributed by atoms with van der Waals surface area (Å²) in [5.41, 5.74) is 0.439. The molecule has 0 aromatic heterocycles. The van der Waals surface area contributed by atoms with Crippen LogP contribution in [0.2, 0.25) is 0 Å². The summed E-state index contributed by atoms with van der Waals surface area (Å²) >= 11 is 0. The van der Waals surface area contributed by atoms with E-state index in [1.54, 1.807) is 13.2 Å². The Morgan fingerprint density at radius 2 is 2.12 bits per heavy atom. The van der Waals surface area contributed by atoms with Crippen molar-refractivity contribution in [3.63, 3.8) is 0 Å². The van der Waals surface area contributed by atoms with E-state index in [0.29, 0.717) is 10.9 Å². The topological polar surface area (TPSA) is 77.0 Å². The Hall–Kier alpha value is -1.50. The maximum absolute atomic E-state index is 11.5. The summed E-state index contributed by atoms with van der Waals surface area (Å²) in [6, 6.07) is 4.53. The van der Waals surface area contributed by atoms with Crippen LogP contribution in [0.1, 0.15) is 12.8 Å². The van der Waals surface area contributed by atoms with Crippen LogP contribution in [-0.2, 0) is 9.57 Å². The Morgan fingerprint density at radius 3 is 2.65 bits per heavy atom. The van der Waals surface area contributed by atoms with E-state index in [9.17, 15) is 10.3 Å². The molecule has 0 radical (unpaired) electrons. The first-order chi connectivity index (χ1) is 8.10. The van der Waals surface area contributed by atoms with Crippen LogP contribution < -0.4 is 15.6 Å². The lowest BCUT2D eigenvalue weighted by Crippen LogP contribution is -2.24. The zero-order valence-corrected chi connectivity index (χ0v) is 9.77. The second-order valence-corrected chi connectivity index (χ2v) is 3.96. The predicted octanol–water partition coefficient (Wildman–Crippen LogP) is 1.07. The van der Waals surface area contributed by atoms with Crippen LogP contribution in [0.25, 0.3) is 0 Å². The number of benzene rings is 1. The van der Waals surface area contributed by atoms with Crippen molar-refractivity contribution in [3.8, 4) is 5.75 Å². The molecule has 2 rings (SSSR count). The quantitative estimate of drug-likeness (QED) is 0.591. The van der Waals surface area contributed by atoms with E-state index in [4.69, 9.17) is 4.74 Å². The predicted molar refractivity (Wildman–Crippen MR) is 59.8 cm³/mol. The number of nitrogens with one attached hydrogen (secondary N) is 1. The highest BCUT2D eigenvalue weighted by Crippen LogP contribution is 2.40. The highest BCUT2D eigenvalue weighted by Gasteiger charge is 2.43. The van der Waals surface area contributed by atoms with Gasteiger partial charge in [-0.1, -0.05) is 11.8 Å². The average molecular weight is 239 g/mol. The van der Waals surface area contributed by atoms with Gasteiger partial charge in [-0.05, 0) is 25.0 Å². The second kappa shape index (κ2) is 4.40. The van der Waals surface area contributed by atoms with Gasteiger partial charge in [0.25, 0.3) is 0 Å². The van der Waals surface area contributed by atoms with Gasteiger partial charge in [-0.2, -0.15) is 0 Å². The molecule has 17 heavy (non-hydrogen) atoms. The lowest BCUT2D eigenvalue weighted by Gasteiger charge is -2.23. The van der Waals surface area contributed by atoms with Crippen molar-refractivity contribution in [1.29, 1.82) is 0 Å². The van der Waals surface area contributed by atoms with Gasteiger partial charge in [0.15, 0.2) is 0 Å². The van der Waals surface area contributed by atoms with E-state index in [1.165, 1.54) is 19.2 Å². The van der Waals surface area contributed by atoms with E-state index >= 15 is 0 Å². The zero-order chi connectivity index (χ0) is 12.5. The number of hydrogen-bond donors (Lipinski definition) is 2. The minimum atomic E-state index is -0.324. The standard InChI is InChI=1S/C11H16N2O4/c1-16-11(5-6-11)12-8-3-4-10(14)9(7-8)13(15)17-2/h3-4,7,12,14-15H,5-6H2,1-2H3/p-1. The van der Waals surface area contributed by atoms with Gasteiger partial charge in [-0.15, -0.1) is 5.23 Å². The van der Waals surface area contributed by atoms with E-state index in [0.717, 1.165) is 12.8 Å². The van der Waals surface area contributed by atoms with Gasteiger partial charge in [-0.3, -0.25) is 10.0 Å². The molecule has 0 atom stereocenters. The summed E-state index contributed by atoms with van der Waals surface area (Å²) in [5, 5.41) is 24.5. The van der Waals surface area contributed by atoms with Crippen molar-refractivity contribution >= 4 is 11.4 Å². The number of nitrogens with zero attached hydrogens (tertiary/aromatic N) is 1. The number of anilines is 2. The van der Waals surface area contributed by atoms with Crippen molar-refractivity contribution in [2.24, 2.45) is 0 Å². The third-order valence-electron chi connectivity index (χ3n) is 2.80. The fourth-order valence-corrected chi connectivity index (χ4v) is 1.60. The van der Waals surface area contributed by atoms with Crippen molar-refractivity contribution in [3.05, 3.63) is 18.2 Å². The number of methoxy groups -OCH3 is 1. The highest BCUT2D eigenvalue weighted by atomic mass is 16.9. The Morgan fingerprint density at radius 1 is 1.41 bits per heavy atom. The second-order valence-electron chi connectivity index (χ2n) is 3.96. The summed E-state index contributed by atoms with van der Waals surface area (Å²) in [4.78, 5) is 4.57. The molecule has 1 aromatic rings. The summed E-state index contributed by atoms with van der Waals surface area (Å²) < 4.78 is 5.31. The van der Waals surface area contributed by atoms with Gasteiger partial charge in [0.1, 0.15) is 5.72 Å². The van der Waals surface area contributed by atoms with E-state index in [2.05, 4.69) is 10.2 Å². The van der Waals surface area contributed by atoms with Crippen LogP contribution in [0.15, 0.2) is 18.2 Å². The van der Waals surface area contributed by atoms with Crippen LogP contribution in [-0.4, -0.2) is 25.2 Å². The van der Waals surface area contributed by atoms with Crippen molar-refractivity contribution < 1.29 is 19.9 Å². The summed E-state index contributed by atoms with van der Waals surface area (Å²) in [7, 11) is 2.91. The first-order valence-corrected chi connectivity index (χ1v) is 5.28. The Kier molecular flexibility index (Phi) is 3.10. The van der Waals surface area contributed by atoms with Crippen LogP contribution in [0.5, 0.6) is 5.75 Å². The molecular formula is C11H15N2O4-. The monoisotopic (exact) mass is 239 g/mol. The molecule has 6 heteroatoms.